The number of amides is 1. The highest BCUT2D eigenvalue weighted by atomic mass is 16.5. The second-order valence-corrected chi connectivity index (χ2v) is 1.48. The molecule has 0 heterocycles. The summed E-state index contributed by atoms with van der Waals surface area (Å²) in [5.41, 5.74) is 1.81. The molecule has 0 fully saturated rings. The van der Waals surface area contributed by atoms with Crippen molar-refractivity contribution in [2.75, 3.05) is 6.61 Å². The number of hydrogen-bond acceptors (Lipinski definition) is 3. The SMILES string of the molecule is CCO/C(C)=N/NC(=O)O. The summed E-state index contributed by atoms with van der Waals surface area (Å²) in [6.45, 7) is 3.84. The minimum Gasteiger partial charge on any atom is -0.480 e. The summed E-state index contributed by atoms with van der Waals surface area (Å²) < 4.78 is 4.82. The van der Waals surface area contributed by atoms with Crippen LogP contribution in [0.3, 0.4) is 0 Å². The Labute approximate surface area is 58.7 Å². The minimum atomic E-state index is -1.20. The Morgan fingerprint density at radius 3 is 2.80 bits per heavy atom. The first-order chi connectivity index (χ1) is 4.66. The zero-order chi connectivity index (χ0) is 7.98. The van der Waals surface area contributed by atoms with E-state index in [2.05, 4.69) is 5.10 Å². The Morgan fingerprint density at radius 1 is 1.80 bits per heavy atom. The van der Waals surface area contributed by atoms with Gasteiger partial charge in [-0.1, -0.05) is 0 Å². The van der Waals surface area contributed by atoms with Crippen molar-refractivity contribution in [2.45, 2.75) is 13.8 Å². The van der Waals surface area contributed by atoms with Gasteiger partial charge in [0.25, 0.3) is 0 Å². The average molecular weight is 146 g/mol. The van der Waals surface area contributed by atoms with Gasteiger partial charge in [0.1, 0.15) is 0 Å². The molecule has 0 saturated heterocycles. The highest BCUT2D eigenvalue weighted by Gasteiger charge is 1.91. The maximum atomic E-state index is 9.83. The zero-order valence-corrected chi connectivity index (χ0v) is 5.92. The molecule has 0 aliphatic carbocycles. The van der Waals surface area contributed by atoms with Gasteiger partial charge in [0, 0.05) is 6.92 Å². The summed E-state index contributed by atoms with van der Waals surface area (Å²) in [5.74, 6) is 0.310. The van der Waals surface area contributed by atoms with E-state index in [1.165, 1.54) is 0 Å². The second-order valence-electron chi connectivity index (χ2n) is 1.48. The predicted molar refractivity (Wildman–Crippen MR) is 35.9 cm³/mol. The van der Waals surface area contributed by atoms with Crippen molar-refractivity contribution in [3.8, 4) is 0 Å². The van der Waals surface area contributed by atoms with Gasteiger partial charge < -0.3 is 9.84 Å². The fraction of sp³-hybridized carbons (Fsp3) is 0.600. The number of nitrogens with zero attached hydrogens (tertiary/aromatic N) is 1. The number of hydrazone groups is 1. The van der Waals surface area contributed by atoms with E-state index in [1.807, 2.05) is 5.43 Å². The molecule has 2 N–H and O–H groups in total. The molecule has 0 spiro atoms. The lowest BCUT2D eigenvalue weighted by atomic mass is 10.7. The van der Waals surface area contributed by atoms with Crippen molar-refractivity contribution < 1.29 is 14.6 Å². The van der Waals surface area contributed by atoms with Crippen LogP contribution in [0.25, 0.3) is 0 Å². The predicted octanol–water partition coefficient (Wildman–Crippen LogP) is 0.624. The summed E-state index contributed by atoms with van der Waals surface area (Å²) in [5, 5.41) is 11.4. The van der Waals surface area contributed by atoms with Crippen LogP contribution in [0, 0.1) is 0 Å². The number of carboxylic acid groups (broad SMARTS) is 1. The highest BCUT2D eigenvalue weighted by molar-refractivity contribution is 5.75. The minimum absolute atomic E-state index is 0.310. The van der Waals surface area contributed by atoms with Crippen LogP contribution in [0.1, 0.15) is 13.8 Å². The van der Waals surface area contributed by atoms with Gasteiger partial charge in [-0.3, -0.25) is 0 Å². The van der Waals surface area contributed by atoms with Crippen molar-refractivity contribution >= 4 is 12.0 Å². The van der Waals surface area contributed by atoms with Gasteiger partial charge in [0.15, 0.2) is 0 Å². The van der Waals surface area contributed by atoms with Gasteiger partial charge in [-0.15, -0.1) is 5.10 Å². The van der Waals surface area contributed by atoms with Crippen molar-refractivity contribution in [3.63, 3.8) is 0 Å². The molecule has 0 bridgehead atoms. The van der Waals surface area contributed by atoms with Crippen LogP contribution < -0.4 is 5.43 Å². The van der Waals surface area contributed by atoms with Crippen LogP contribution in [0.5, 0.6) is 0 Å². The molecule has 0 radical (unpaired) electrons. The quantitative estimate of drug-likeness (QED) is 0.341. The molecule has 0 unspecified atom stereocenters. The van der Waals surface area contributed by atoms with Crippen LogP contribution in [0.4, 0.5) is 4.79 Å². The topological polar surface area (TPSA) is 70.9 Å². The van der Waals surface area contributed by atoms with Crippen LogP contribution in [0.2, 0.25) is 0 Å². The highest BCUT2D eigenvalue weighted by Crippen LogP contribution is 1.77. The lowest BCUT2D eigenvalue weighted by Gasteiger charge is -1.99. The van der Waals surface area contributed by atoms with Crippen LogP contribution >= 0.6 is 0 Å². The molecule has 0 aromatic rings. The van der Waals surface area contributed by atoms with E-state index in [-0.39, 0.29) is 0 Å². The summed E-state index contributed by atoms with van der Waals surface area (Å²) in [4.78, 5) is 9.83. The van der Waals surface area contributed by atoms with Crippen LogP contribution in [-0.4, -0.2) is 23.7 Å². The molecular weight excluding hydrogens is 136 g/mol. The Morgan fingerprint density at radius 2 is 2.40 bits per heavy atom. The Bertz CT molecular complexity index is 144. The van der Waals surface area contributed by atoms with Gasteiger partial charge in [-0.2, -0.15) is 0 Å². The maximum absolute atomic E-state index is 9.83. The van der Waals surface area contributed by atoms with E-state index < -0.39 is 6.09 Å². The summed E-state index contributed by atoms with van der Waals surface area (Å²) in [6.07, 6.45) is -1.20. The number of ether oxygens (including phenoxy) is 1. The van der Waals surface area contributed by atoms with E-state index >= 15 is 0 Å². The lowest BCUT2D eigenvalue weighted by Crippen LogP contribution is -2.16. The third-order valence-corrected chi connectivity index (χ3v) is 0.662. The largest absolute Gasteiger partial charge is 0.480 e. The Kier molecular flexibility index (Phi) is 4.02. The van der Waals surface area contributed by atoms with Crippen molar-refractivity contribution in [2.24, 2.45) is 5.10 Å². The molecule has 0 aromatic heterocycles. The maximum Gasteiger partial charge on any atom is 0.425 e. The van der Waals surface area contributed by atoms with Gasteiger partial charge in [-0.25, -0.2) is 10.2 Å². The first kappa shape index (κ1) is 8.74. The number of rotatable bonds is 2. The molecule has 0 aliphatic heterocycles. The molecule has 0 atom stereocenters. The van der Waals surface area contributed by atoms with Gasteiger partial charge >= 0.3 is 6.09 Å². The standard InChI is InChI=1S/C5H10N2O3/c1-3-10-4(2)6-7-5(8)9/h7H,3H2,1-2H3,(H,8,9)/b6-4+. The van der Waals surface area contributed by atoms with Gasteiger partial charge in [0.05, 0.1) is 6.61 Å². The molecule has 0 aliphatic rings. The van der Waals surface area contributed by atoms with Crippen molar-refractivity contribution in [1.29, 1.82) is 0 Å². The van der Waals surface area contributed by atoms with Crippen molar-refractivity contribution in [1.82, 2.24) is 5.43 Å². The van der Waals surface area contributed by atoms with E-state index in [1.54, 1.807) is 13.8 Å². The van der Waals surface area contributed by atoms with Gasteiger partial charge in [0.2, 0.25) is 5.90 Å². The smallest absolute Gasteiger partial charge is 0.425 e. The monoisotopic (exact) mass is 146 g/mol. The fourth-order valence-corrected chi connectivity index (χ4v) is 0.368. The molecule has 0 rings (SSSR count). The van der Waals surface area contributed by atoms with Crippen LogP contribution in [0.15, 0.2) is 5.10 Å². The van der Waals surface area contributed by atoms with E-state index in [9.17, 15) is 4.79 Å². The molecular formula is C5H10N2O3. The molecule has 1 amide bonds. The first-order valence-electron chi connectivity index (χ1n) is 2.82. The number of nitrogens with one attached hydrogen (secondary N) is 1. The van der Waals surface area contributed by atoms with Gasteiger partial charge in [-0.05, 0) is 6.92 Å². The molecule has 10 heavy (non-hydrogen) atoms. The molecule has 0 saturated carbocycles. The van der Waals surface area contributed by atoms with Crippen LogP contribution in [-0.2, 0) is 4.74 Å². The van der Waals surface area contributed by atoms with E-state index in [0.29, 0.717) is 12.5 Å². The molecule has 5 heteroatoms. The molecule has 0 aromatic carbocycles. The Balaban J connectivity index is 3.57. The summed E-state index contributed by atoms with van der Waals surface area (Å²) in [7, 11) is 0. The van der Waals surface area contributed by atoms with E-state index in [4.69, 9.17) is 9.84 Å². The van der Waals surface area contributed by atoms with E-state index in [0.717, 1.165) is 0 Å². The summed E-state index contributed by atoms with van der Waals surface area (Å²) in [6, 6.07) is 0. The zero-order valence-electron chi connectivity index (χ0n) is 5.92. The lowest BCUT2D eigenvalue weighted by molar-refractivity contribution is 0.194. The Hall–Kier alpha value is -1.26. The average Bonchev–Trinajstić information content (AvgIpc) is 1.85. The third kappa shape index (κ3) is 4.89. The number of carbonyl (C=O) groups is 1. The van der Waals surface area contributed by atoms with Crippen molar-refractivity contribution in [3.05, 3.63) is 0 Å². The fourth-order valence-electron chi connectivity index (χ4n) is 0.368. The normalized spacial score (nSPS) is 10.8. The summed E-state index contributed by atoms with van der Waals surface area (Å²) >= 11 is 0. The third-order valence-electron chi connectivity index (χ3n) is 0.662. The molecule has 58 valence electrons. The first-order valence-corrected chi connectivity index (χ1v) is 2.82. The second kappa shape index (κ2) is 4.60. The molecule has 5 nitrogen and oxygen atoms in total. The number of hydrogen-bond donors (Lipinski definition) is 2.